The highest BCUT2D eigenvalue weighted by Crippen LogP contribution is 2.43. The second-order valence-electron chi connectivity index (χ2n) is 8.39. The van der Waals surface area contributed by atoms with Crippen LogP contribution < -0.4 is 0 Å². The molecular formula is C18H35O18P. The van der Waals surface area contributed by atoms with E-state index in [1.54, 1.807) is 0 Å². The van der Waals surface area contributed by atoms with Gasteiger partial charge >= 0.3 is 7.82 Å². The molecule has 0 saturated carbocycles. The maximum atomic E-state index is 11.8. The van der Waals surface area contributed by atoms with Crippen molar-refractivity contribution < 1.29 is 88.5 Å². The van der Waals surface area contributed by atoms with Crippen LogP contribution in [-0.4, -0.2) is 169 Å². The van der Waals surface area contributed by atoms with Gasteiger partial charge < -0.3 is 74.9 Å². The number of rotatable bonds is 14. The van der Waals surface area contributed by atoms with Crippen molar-refractivity contribution in [2.45, 2.75) is 73.6 Å². The van der Waals surface area contributed by atoms with Crippen LogP contribution in [0.4, 0.5) is 0 Å². The summed E-state index contributed by atoms with van der Waals surface area (Å²) in [5, 5.41) is 97.3. The first-order valence-electron chi connectivity index (χ1n) is 11.1. The van der Waals surface area contributed by atoms with Crippen molar-refractivity contribution in [3.05, 3.63) is 0 Å². The van der Waals surface area contributed by atoms with E-state index in [1.165, 1.54) is 0 Å². The molecule has 2 aliphatic heterocycles. The van der Waals surface area contributed by atoms with Crippen LogP contribution in [-0.2, 0) is 32.6 Å². The van der Waals surface area contributed by atoms with Crippen LogP contribution in [0.25, 0.3) is 0 Å². The Hall–Kier alpha value is -0.450. The van der Waals surface area contributed by atoms with E-state index in [0.29, 0.717) is 0 Å². The monoisotopic (exact) mass is 570 g/mol. The molecule has 13 atom stereocenters. The third-order valence-corrected chi connectivity index (χ3v) is 6.44. The summed E-state index contributed by atoms with van der Waals surface area (Å²) >= 11 is 0. The average Bonchev–Trinajstić information content (AvgIpc) is 2.88. The van der Waals surface area contributed by atoms with E-state index < -0.39 is 121 Å². The van der Waals surface area contributed by atoms with Gasteiger partial charge in [0, 0.05) is 0 Å². The lowest BCUT2D eigenvalue weighted by atomic mass is 9.97. The normalized spacial score (nSPS) is 40.2. The number of hydrogen-bond acceptors (Lipinski definition) is 17. The Kier molecular flexibility index (Phi) is 13.1. The molecule has 0 aliphatic carbocycles. The predicted octanol–water partition coefficient (Wildman–Crippen LogP) is -6.53. The quantitative estimate of drug-likeness (QED) is 0.0865. The Labute approximate surface area is 210 Å². The second-order valence-corrected chi connectivity index (χ2v) is 9.84. The third-order valence-electron chi connectivity index (χ3n) is 5.49. The summed E-state index contributed by atoms with van der Waals surface area (Å²) < 4.78 is 42.0. The molecule has 0 radical (unpaired) electrons. The molecule has 0 aromatic rings. The first-order valence-corrected chi connectivity index (χ1v) is 12.6. The summed E-state index contributed by atoms with van der Waals surface area (Å²) in [6.07, 6.45) is -19.8. The molecule has 2 aliphatic rings. The zero-order valence-electron chi connectivity index (χ0n) is 19.4. The van der Waals surface area contributed by atoms with Crippen LogP contribution in [0.5, 0.6) is 0 Å². The average molecular weight is 570 g/mol. The SMILES string of the molecule is O=P(O)(OCC(O)CO)OCC(O)CO[C@H]1O[C@H](CO)[C@@H](O)[C@H](O)[C@H]1O[C@H]1O[C@H](CO)[C@@H](O)[C@H](O)[C@H]1O. The third kappa shape index (κ3) is 9.04. The standard InChI is InChI=1S/C18H35O18P/c19-1-7(22)5-32-37(29,30)33-6-8(23)4-31-18-16(14(27)12(25)10(3-21)35-18)36-17-15(28)13(26)11(24)9(2-20)34-17/h7-28H,1-6H2,(H,29,30)/t7?,8?,9-,10-,11-,12-,13+,14+,15-,16-,17-,18+/m1/s1. The second kappa shape index (κ2) is 14.8. The summed E-state index contributed by atoms with van der Waals surface area (Å²) in [6, 6.07) is 0. The van der Waals surface area contributed by atoms with E-state index in [2.05, 4.69) is 9.05 Å². The van der Waals surface area contributed by atoms with Crippen molar-refractivity contribution in [2.75, 3.05) is 39.6 Å². The molecule has 3 unspecified atom stereocenters. The number of aliphatic hydroxyl groups is 10. The van der Waals surface area contributed by atoms with Crippen LogP contribution in [0.3, 0.4) is 0 Å². The highest BCUT2D eigenvalue weighted by Gasteiger charge is 2.51. The summed E-state index contributed by atoms with van der Waals surface area (Å²) in [4.78, 5) is 9.53. The Morgan fingerprint density at radius 2 is 1.22 bits per heavy atom. The molecule has 0 amide bonds. The molecule has 0 spiro atoms. The molecule has 37 heavy (non-hydrogen) atoms. The highest BCUT2D eigenvalue weighted by molar-refractivity contribution is 7.47. The van der Waals surface area contributed by atoms with E-state index >= 15 is 0 Å². The molecule has 18 nitrogen and oxygen atoms in total. The number of ether oxygens (including phenoxy) is 4. The fraction of sp³-hybridized carbons (Fsp3) is 1.00. The largest absolute Gasteiger partial charge is 0.472 e. The molecule has 2 fully saturated rings. The molecule has 2 rings (SSSR count). The minimum atomic E-state index is -4.72. The first-order chi connectivity index (χ1) is 17.3. The molecule has 0 aromatic heterocycles. The van der Waals surface area contributed by atoms with Gasteiger partial charge in [0.15, 0.2) is 12.6 Å². The first kappa shape index (κ1) is 32.8. The molecule has 0 bridgehead atoms. The topological polar surface area (TPSA) is 295 Å². The molecular weight excluding hydrogens is 535 g/mol. The minimum absolute atomic E-state index is 0.695. The molecule has 19 heteroatoms. The molecule has 2 heterocycles. The Morgan fingerprint density at radius 1 is 0.703 bits per heavy atom. The highest BCUT2D eigenvalue weighted by atomic mass is 31.2. The van der Waals surface area contributed by atoms with Crippen molar-refractivity contribution >= 4 is 7.82 Å². The lowest BCUT2D eigenvalue weighted by molar-refractivity contribution is -0.368. The Bertz CT molecular complexity index is 714. The van der Waals surface area contributed by atoms with Gasteiger partial charge in [0.2, 0.25) is 0 Å². The van der Waals surface area contributed by atoms with Gasteiger partial charge in [-0.25, -0.2) is 4.57 Å². The lowest BCUT2D eigenvalue weighted by Gasteiger charge is -2.46. The number of aliphatic hydroxyl groups excluding tert-OH is 10. The maximum absolute atomic E-state index is 11.8. The van der Waals surface area contributed by atoms with Gasteiger partial charge in [0.25, 0.3) is 0 Å². The van der Waals surface area contributed by atoms with E-state index in [1.807, 2.05) is 0 Å². The van der Waals surface area contributed by atoms with E-state index in [4.69, 9.17) is 29.2 Å². The van der Waals surface area contributed by atoms with Crippen molar-refractivity contribution in [1.82, 2.24) is 0 Å². The molecule has 0 aromatic carbocycles. The molecule has 11 N–H and O–H groups in total. The van der Waals surface area contributed by atoms with Crippen molar-refractivity contribution in [3.8, 4) is 0 Å². The van der Waals surface area contributed by atoms with Crippen LogP contribution in [0.2, 0.25) is 0 Å². The van der Waals surface area contributed by atoms with Crippen LogP contribution >= 0.6 is 7.82 Å². The van der Waals surface area contributed by atoms with E-state index in [9.17, 15) is 50.3 Å². The smallest absolute Gasteiger partial charge is 0.394 e. The van der Waals surface area contributed by atoms with E-state index in [0.717, 1.165) is 0 Å². The van der Waals surface area contributed by atoms with Crippen LogP contribution in [0.15, 0.2) is 0 Å². The Balaban J connectivity index is 2.02. The number of hydrogen-bond donors (Lipinski definition) is 11. The predicted molar refractivity (Wildman–Crippen MR) is 113 cm³/mol. The maximum Gasteiger partial charge on any atom is 0.472 e. The minimum Gasteiger partial charge on any atom is -0.394 e. The summed E-state index contributed by atoms with van der Waals surface area (Å²) in [7, 11) is -4.72. The van der Waals surface area contributed by atoms with Gasteiger partial charge in [-0.15, -0.1) is 0 Å². The molecule has 2 saturated heterocycles. The van der Waals surface area contributed by atoms with Crippen molar-refractivity contribution in [3.63, 3.8) is 0 Å². The van der Waals surface area contributed by atoms with Crippen LogP contribution in [0, 0.1) is 0 Å². The number of phosphoric acid groups is 1. The van der Waals surface area contributed by atoms with Gasteiger partial charge in [0.05, 0.1) is 39.6 Å². The summed E-state index contributed by atoms with van der Waals surface area (Å²) in [5.74, 6) is 0. The van der Waals surface area contributed by atoms with Gasteiger partial charge in [-0.1, -0.05) is 0 Å². The van der Waals surface area contributed by atoms with Gasteiger partial charge in [0.1, 0.15) is 61.0 Å². The molecule has 220 valence electrons. The van der Waals surface area contributed by atoms with Gasteiger partial charge in [-0.05, 0) is 0 Å². The van der Waals surface area contributed by atoms with Crippen molar-refractivity contribution in [2.24, 2.45) is 0 Å². The zero-order chi connectivity index (χ0) is 27.9. The van der Waals surface area contributed by atoms with Crippen molar-refractivity contribution in [1.29, 1.82) is 0 Å². The summed E-state index contributed by atoms with van der Waals surface area (Å²) in [6.45, 7) is -4.54. The van der Waals surface area contributed by atoms with Crippen LogP contribution in [0.1, 0.15) is 0 Å². The lowest BCUT2D eigenvalue weighted by Crippen LogP contribution is -2.64. The Morgan fingerprint density at radius 3 is 1.76 bits per heavy atom. The number of phosphoric ester groups is 1. The van der Waals surface area contributed by atoms with E-state index in [-0.39, 0.29) is 0 Å². The fourth-order valence-electron chi connectivity index (χ4n) is 3.37. The van der Waals surface area contributed by atoms with Gasteiger partial charge in [-0.2, -0.15) is 0 Å². The summed E-state index contributed by atoms with van der Waals surface area (Å²) in [5.41, 5.74) is 0. The fourth-order valence-corrected chi connectivity index (χ4v) is 4.17. The van der Waals surface area contributed by atoms with Gasteiger partial charge in [-0.3, -0.25) is 9.05 Å². The zero-order valence-corrected chi connectivity index (χ0v) is 20.3.